The van der Waals surface area contributed by atoms with Gasteiger partial charge in [0.15, 0.2) is 0 Å². The molecule has 2 nitrogen and oxygen atoms in total. The lowest BCUT2D eigenvalue weighted by Gasteiger charge is -2.25. The Kier molecular flexibility index (Phi) is 3.74. The predicted octanol–water partition coefficient (Wildman–Crippen LogP) is 1.49. The summed E-state index contributed by atoms with van der Waals surface area (Å²) in [6.45, 7) is 2.70. The SMILES string of the molecule is CC1CSCC1NC1CCCC1CO. The van der Waals surface area contributed by atoms with Gasteiger partial charge in [0.25, 0.3) is 0 Å². The van der Waals surface area contributed by atoms with E-state index < -0.39 is 0 Å². The average molecular weight is 215 g/mol. The summed E-state index contributed by atoms with van der Waals surface area (Å²) in [5.41, 5.74) is 0. The molecule has 2 aliphatic rings. The van der Waals surface area contributed by atoms with Crippen LogP contribution in [0, 0.1) is 11.8 Å². The van der Waals surface area contributed by atoms with Gasteiger partial charge in [0, 0.05) is 24.4 Å². The Labute approximate surface area is 90.8 Å². The molecule has 0 bridgehead atoms. The van der Waals surface area contributed by atoms with Crippen molar-refractivity contribution in [3.63, 3.8) is 0 Å². The Morgan fingerprint density at radius 1 is 1.29 bits per heavy atom. The van der Waals surface area contributed by atoms with Crippen LogP contribution >= 0.6 is 11.8 Å². The first-order valence-electron chi connectivity index (χ1n) is 5.76. The summed E-state index contributed by atoms with van der Waals surface area (Å²) in [4.78, 5) is 0. The molecule has 4 unspecified atom stereocenters. The van der Waals surface area contributed by atoms with E-state index in [0.29, 0.717) is 24.6 Å². The van der Waals surface area contributed by atoms with E-state index >= 15 is 0 Å². The second-order valence-electron chi connectivity index (χ2n) is 4.77. The molecule has 2 rings (SSSR count). The van der Waals surface area contributed by atoms with Gasteiger partial charge in [-0.15, -0.1) is 0 Å². The molecule has 0 aromatic heterocycles. The van der Waals surface area contributed by atoms with Crippen molar-refractivity contribution in [3.8, 4) is 0 Å². The molecule has 4 atom stereocenters. The van der Waals surface area contributed by atoms with E-state index in [9.17, 15) is 5.11 Å². The van der Waals surface area contributed by atoms with E-state index in [1.165, 1.54) is 30.8 Å². The molecule has 3 heteroatoms. The van der Waals surface area contributed by atoms with Crippen molar-refractivity contribution in [2.45, 2.75) is 38.3 Å². The molecule has 14 heavy (non-hydrogen) atoms. The molecule has 1 aliphatic carbocycles. The standard InChI is InChI=1S/C11H21NOS/c1-8-6-14-7-11(8)12-10-4-2-3-9(10)5-13/h8-13H,2-7H2,1H3. The maximum Gasteiger partial charge on any atom is 0.0474 e. The Bertz CT molecular complexity index is 188. The minimum atomic E-state index is 0.367. The predicted molar refractivity (Wildman–Crippen MR) is 61.6 cm³/mol. The molecule has 82 valence electrons. The van der Waals surface area contributed by atoms with Crippen LogP contribution in [0.15, 0.2) is 0 Å². The zero-order valence-corrected chi connectivity index (χ0v) is 9.72. The fourth-order valence-electron chi connectivity index (χ4n) is 2.62. The molecule has 0 aromatic rings. The topological polar surface area (TPSA) is 32.3 Å². The highest BCUT2D eigenvalue weighted by molar-refractivity contribution is 7.99. The lowest BCUT2D eigenvalue weighted by Crippen LogP contribution is -2.44. The second kappa shape index (κ2) is 4.86. The quantitative estimate of drug-likeness (QED) is 0.748. The molecule has 0 spiro atoms. The van der Waals surface area contributed by atoms with Gasteiger partial charge in [-0.3, -0.25) is 0 Å². The molecule has 0 radical (unpaired) electrons. The first kappa shape index (κ1) is 10.8. The molecule has 2 N–H and O–H groups in total. The number of thioether (sulfide) groups is 1. The normalized spacial score (nSPS) is 43.3. The first-order chi connectivity index (χ1) is 6.81. The highest BCUT2D eigenvalue weighted by Crippen LogP contribution is 2.29. The minimum Gasteiger partial charge on any atom is -0.396 e. The minimum absolute atomic E-state index is 0.367. The lowest BCUT2D eigenvalue weighted by molar-refractivity contribution is 0.197. The zero-order valence-electron chi connectivity index (χ0n) is 8.91. The van der Waals surface area contributed by atoms with Crippen LogP contribution in [0.25, 0.3) is 0 Å². The van der Waals surface area contributed by atoms with Gasteiger partial charge in [-0.05, 0) is 30.4 Å². The summed E-state index contributed by atoms with van der Waals surface area (Å²) >= 11 is 2.06. The third-order valence-corrected chi connectivity index (χ3v) is 5.04. The van der Waals surface area contributed by atoms with Crippen molar-refractivity contribution in [1.82, 2.24) is 5.32 Å². The Morgan fingerprint density at radius 3 is 2.79 bits per heavy atom. The van der Waals surface area contributed by atoms with Crippen LogP contribution in [-0.2, 0) is 0 Å². The van der Waals surface area contributed by atoms with E-state index in [4.69, 9.17) is 0 Å². The van der Waals surface area contributed by atoms with Crippen LogP contribution in [0.5, 0.6) is 0 Å². The van der Waals surface area contributed by atoms with Crippen LogP contribution < -0.4 is 5.32 Å². The first-order valence-corrected chi connectivity index (χ1v) is 6.91. The molecule has 1 heterocycles. The van der Waals surface area contributed by atoms with Crippen molar-refractivity contribution < 1.29 is 5.11 Å². The zero-order chi connectivity index (χ0) is 9.97. The van der Waals surface area contributed by atoms with Crippen LogP contribution in [0.2, 0.25) is 0 Å². The Balaban J connectivity index is 1.83. The highest BCUT2D eigenvalue weighted by Gasteiger charge is 2.31. The lowest BCUT2D eigenvalue weighted by atomic mass is 10.0. The third-order valence-electron chi connectivity index (χ3n) is 3.69. The molecule has 0 amide bonds. The largest absolute Gasteiger partial charge is 0.396 e. The van der Waals surface area contributed by atoms with Gasteiger partial charge in [0.1, 0.15) is 0 Å². The molecule has 1 saturated heterocycles. The number of hydrogen-bond donors (Lipinski definition) is 2. The van der Waals surface area contributed by atoms with Gasteiger partial charge in [-0.1, -0.05) is 13.3 Å². The van der Waals surface area contributed by atoms with Gasteiger partial charge < -0.3 is 10.4 Å². The Hall–Kier alpha value is 0.270. The number of nitrogens with one attached hydrogen (secondary N) is 1. The maximum atomic E-state index is 9.23. The maximum absolute atomic E-state index is 9.23. The fraction of sp³-hybridized carbons (Fsp3) is 1.00. The number of rotatable bonds is 3. The summed E-state index contributed by atoms with van der Waals surface area (Å²) in [5.74, 6) is 3.89. The monoisotopic (exact) mass is 215 g/mol. The number of aliphatic hydroxyl groups excluding tert-OH is 1. The van der Waals surface area contributed by atoms with Gasteiger partial charge >= 0.3 is 0 Å². The van der Waals surface area contributed by atoms with Gasteiger partial charge in [-0.25, -0.2) is 0 Å². The van der Waals surface area contributed by atoms with E-state index in [1.807, 2.05) is 0 Å². The Morgan fingerprint density at radius 2 is 2.14 bits per heavy atom. The van der Waals surface area contributed by atoms with E-state index in [2.05, 4.69) is 24.0 Å². The summed E-state index contributed by atoms with van der Waals surface area (Å²) in [5, 5.41) is 13.0. The highest BCUT2D eigenvalue weighted by atomic mass is 32.2. The number of aliphatic hydroxyl groups is 1. The second-order valence-corrected chi connectivity index (χ2v) is 5.84. The van der Waals surface area contributed by atoms with Gasteiger partial charge in [0.05, 0.1) is 0 Å². The van der Waals surface area contributed by atoms with Crippen LogP contribution in [0.4, 0.5) is 0 Å². The molecule has 1 saturated carbocycles. The average Bonchev–Trinajstić information content (AvgIpc) is 2.77. The van der Waals surface area contributed by atoms with E-state index in [-0.39, 0.29) is 0 Å². The molecule has 2 fully saturated rings. The molecular formula is C11H21NOS. The summed E-state index contributed by atoms with van der Waals surface area (Å²) in [6.07, 6.45) is 3.76. The van der Waals surface area contributed by atoms with E-state index in [0.717, 1.165) is 5.92 Å². The van der Waals surface area contributed by atoms with E-state index in [1.54, 1.807) is 0 Å². The third kappa shape index (κ3) is 2.26. The summed E-state index contributed by atoms with van der Waals surface area (Å²) in [7, 11) is 0. The molecule has 1 aliphatic heterocycles. The van der Waals surface area contributed by atoms with Crippen LogP contribution in [0.3, 0.4) is 0 Å². The van der Waals surface area contributed by atoms with Crippen LogP contribution in [-0.4, -0.2) is 35.3 Å². The van der Waals surface area contributed by atoms with Crippen LogP contribution in [0.1, 0.15) is 26.2 Å². The van der Waals surface area contributed by atoms with Crippen molar-refractivity contribution >= 4 is 11.8 Å². The summed E-state index contributed by atoms with van der Waals surface area (Å²) in [6, 6.07) is 1.28. The molecular weight excluding hydrogens is 194 g/mol. The van der Waals surface area contributed by atoms with Crippen molar-refractivity contribution in [1.29, 1.82) is 0 Å². The fourth-order valence-corrected chi connectivity index (χ4v) is 4.04. The van der Waals surface area contributed by atoms with Gasteiger partial charge in [0.2, 0.25) is 0 Å². The van der Waals surface area contributed by atoms with Crippen molar-refractivity contribution in [3.05, 3.63) is 0 Å². The van der Waals surface area contributed by atoms with Crippen molar-refractivity contribution in [2.24, 2.45) is 11.8 Å². The summed E-state index contributed by atoms with van der Waals surface area (Å²) < 4.78 is 0. The smallest absolute Gasteiger partial charge is 0.0474 e. The number of hydrogen-bond acceptors (Lipinski definition) is 3. The van der Waals surface area contributed by atoms with Crippen molar-refractivity contribution in [2.75, 3.05) is 18.1 Å². The molecule has 0 aromatic carbocycles. The van der Waals surface area contributed by atoms with Gasteiger partial charge in [-0.2, -0.15) is 11.8 Å².